The van der Waals surface area contributed by atoms with E-state index in [9.17, 15) is 8.42 Å². The van der Waals surface area contributed by atoms with Crippen LogP contribution in [0.25, 0.3) is 0 Å². The molecule has 3 rings (SSSR count). The quantitative estimate of drug-likeness (QED) is 0.903. The lowest BCUT2D eigenvalue weighted by Gasteiger charge is -2.20. The van der Waals surface area contributed by atoms with Crippen molar-refractivity contribution in [3.05, 3.63) is 35.4 Å². The molecule has 1 heterocycles. The van der Waals surface area contributed by atoms with E-state index in [4.69, 9.17) is 0 Å². The topological polar surface area (TPSA) is 49.4 Å². The van der Waals surface area contributed by atoms with Crippen molar-refractivity contribution in [2.24, 2.45) is 0 Å². The van der Waals surface area contributed by atoms with E-state index in [1.54, 1.807) is 4.31 Å². The van der Waals surface area contributed by atoms with Gasteiger partial charge in [0, 0.05) is 19.1 Å². The molecule has 0 aromatic heterocycles. The summed E-state index contributed by atoms with van der Waals surface area (Å²) in [6, 6.07) is 8.04. The first-order valence-electron chi connectivity index (χ1n) is 6.52. The van der Waals surface area contributed by atoms with Gasteiger partial charge in [0.1, 0.15) is 0 Å². The van der Waals surface area contributed by atoms with Crippen LogP contribution in [0.15, 0.2) is 24.3 Å². The fourth-order valence-electron chi connectivity index (χ4n) is 2.86. The van der Waals surface area contributed by atoms with E-state index in [1.165, 1.54) is 5.56 Å². The second kappa shape index (κ2) is 4.64. The van der Waals surface area contributed by atoms with Gasteiger partial charge in [-0.1, -0.05) is 24.3 Å². The third-order valence-corrected chi connectivity index (χ3v) is 5.46. The highest BCUT2D eigenvalue weighted by atomic mass is 32.2. The van der Waals surface area contributed by atoms with Crippen LogP contribution in [0, 0.1) is 0 Å². The average Bonchev–Trinajstić information content (AvgIpc) is 2.99. The Balaban J connectivity index is 1.78. The van der Waals surface area contributed by atoms with Gasteiger partial charge in [0.2, 0.25) is 0 Å². The summed E-state index contributed by atoms with van der Waals surface area (Å²) in [5, 5.41) is 0. The van der Waals surface area contributed by atoms with Crippen molar-refractivity contribution in [3.63, 3.8) is 0 Å². The molecule has 4 nitrogen and oxygen atoms in total. The summed E-state index contributed by atoms with van der Waals surface area (Å²) in [5.41, 5.74) is 2.41. The van der Waals surface area contributed by atoms with Gasteiger partial charge >= 0.3 is 0 Å². The molecule has 1 N–H and O–H groups in total. The monoisotopic (exact) mass is 266 g/mol. The predicted octanol–water partition coefficient (Wildman–Crippen LogP) is 1.60. The van der Waals surface area contributed by atoms with E-state index in [0.29, 0.717) is 13.1 Å². The molecule has 1 aliphatic heterocycles. The Morgan fingerprint density at radius 2 is 1.89 bits per heavy atom. The van der Waals surface area contributed by atoms with Crippen molar-refractivity contribution >= 4 is 10.2 Å². The molecule has 1 saturated heterocycles. The van der Waals surface area contributed by atoms with Crippen molar-refractivity contribution in [1.29, 1.82) is 0 Å². The van der Waals surface area contributed by atoms with Crippen LogP contribution in [0.4, 0.5) is 0 Å². The van der Waals surface area contributed by atoms with Crippen LogP contribution >= 0.6 is 0 Å². The van der Waals surface area contributed by atoms with Crippen molar-refractivity contribution in [3.8, 4) is 0 Å². The Morgan fingerprint density at radius 3 is 2.67 bits per heavy atom. The fourth-order valence-corrected chi connectivity index (χ4v) is 4.35. The average molecular weight is 266 g/mol. The maximum absolute atomic E-state index is 12.2. The second-order valence-electron chi connectivity index (χ2n) is 5.02. The molecule has 1 aliphatic carbocycles. The number of benzene rings is 1. The first-order chi connectivity index (χ1) is 8.67. The molecule has 0 saturated carbocycles. The first-order valence-corrected chi connectivity index (χ1v) is 7.96. The van der Waals surface area contributed by atoms with E-state index in [1.807, 2.05) is 18.2 Å². The molecule has 98 valence electrons. The zero-order valence-electron chi connectivity index (χ0n) is 10.3. The van der Waals surface area contributed by atoms with E-state index in [0.717, 1.165) is 31.2 Å². The number of fused-ring (bicyclic) bond motifs is 1. The summed E-state index contributed by atoms with van der Waals surface area (Å²) in [5.74, 6) is 0. The fraction of sp³-hybridized carbons (Fsp3) is 0.538. The zero-order chi connectivity index (χ0) is 12.6. The van der Waals surface area contributed by atoms with Gasteiger partial charge in [-0.25, -0.2) is 0 Å². The van der Waals surface area contributed by atoms with Crippen molar-refractivity contribution < 1.29 is 8.42 Å². The predicted molar refractivity (Wildman–Crippen MR) is 70.4 cm³/mol. The van der Waals surface area contributed by atoms with Gasteiger partial charge in [0.15, 0.2) is 0 Å². The number of nitrogens with zero attached hydrogens (tertiary/aromatic N) is 1. The first kappa shape index (κ1) is 12.1. The Kier molecular flexibility index (Phi) is 3.13. The van der Waals surface area contributed by atoms with E-state index >= 15 is 0 Å². The standard InChI is InChI=1S/C13H18N2O2S/c16-18(17,15-9-3-4-10-15)14-13-8-7-11-5-1-2-6-12(11)13/h1-2,5-6,13-14H,3-4,7-10H2. The molecule has 5 heteroatoms. The molecule has 0 amide bonds. The van der Waals surface area contributed by atoms with Crippen LogP contribution in [0.3, 0.4) is 0 Å². The summed E-state index contributed by atoms with van der Waals surface area (Å²) < 4.78 is 28.8. The van der Waals surface area contributed by atoms with Crippen LogP contribution in [0.2, 0.25) is 0 Å². The maximum Gasteiger partial charge on any atom is 0.280 e. The summed E-state index contributed by atoms with van der Waals surface area (Å²) in [4.78, 5) is 0. The third kappa shape index (κ3) is 2.18. The lowest BCUT2D eigenvalue weighted by atomic mass is 10.1. The second-order valence-corrected chi connectivity index (χ2v) is 6.72. The Labute approximate surface area is 108 Å². The number of hydrogen-bond acceptors (Lipinski definition) is 2. The van der Waals surface area contributed by atoms with Crippen molar-refractivity contribution in [2.45, 2.75) is 31.7 Å². The minimum absolute atomic E-state index is 0.0493. The van der Waals surface area contributed by atoms with Gasteiger partial charge in [-0.3, -0.25) is 0 Å². The smallest absolute Gasteiger partial charge is 0.195 e. The molecule has 1 fully saturated rings. The molecule has 2 aliphatic rings. The van der Waals surface area contributed by atoms with Gasteiger partial charge < -0.3 is 0 Å². The van der Waals surface area contributed by atoms with Crippen LogP contribution in [-0.2, 0) is 16.6 Å². The number of hydrogen-bond donors (Lipinski definition) is 1. The highest BCUT2D eigenvalue weighted by Gasteiger charge is 2.31. The maximum atomic E-state index is 12.2. The van der Waals surface area contributed by atoms with E-state index in [2.05, 4.69) is 10.8 Å². The van der Waals surface area contributed by atoms with E-state index < -0.39 is 10.2 Å². The molecule has 0 radical (unpaired) electrons. The summed E-state index contributed by atoms with van der Waals surface area (Å²) >= 11 is 0. The molecule has 0 spiro atoms. The van der Waals surface area contributed by atoms with Gasteiger partial charge in [-0.15, -0.1) is 0 Å². The summed E-state index contributed by atoms with van der Waals surface area (Å²) in [6.45, 7) is 1.31. The van der Waals surface area contributed by atoms with Crippen LogP contribution < -0.4 is 4.72 Å². The summed E-state index contributed by atoms with van der Waals surface area (Å²) in [7, 11) is -3.30. The number of aryl methyl sites for hydroxylation is 1. The lowest BCUT2D eigenvalue weighted by Crippen LogP contribution is -2.40. The SMILES string of the molecule is O=S(=O)(NC1CCc2ccccc21)N1CCCC1. The van der Waals surface area contributed by atoms with Gasteiger partial charge in [-0.05, 0) is 36.8 Å². The normalized spacial score (nSPS) is 24.3. The van der Waals surface area contributed by atoms with E-state index in [-0.39, 0.29) is 6.04 Å². The highest BCUT2D eigenvalue weighted by Crippen LogP contribution is 2.31. The van der Waals surface area contributed by atoms with Gasteiger partial charge in [0.25, 0.3) is 10.2 Å². The van der Waals surface area contributed by atoms with Crippen LogP contribution in [-0.4, -0.2) is 25.8 Å². The third-order valence-electron chi connectivity index (χ3n) is 3.83. The number of nitrogens with one attached hydrogen (secondary N) is 1. The summed E-state index contributed by atoms with van der Waals surface area (Å²) in [6.07, 6.45) is 3.78. The Hall–Kier alpha value is -0.910. The lowest BCUT2D eigenvalue weighted by molar-refractivity contribution is 0.452. The molecule has 1 atom stereocenters. The molecule has 1 unspecified atom stereocenters. The minimum Gasteiger partial charge on any atom is -0.195 e. The van der Waals surface area contributed by atoms with Crippen LogP contribution in [0.5, 0.6) is 0 Å². The van der Waals surface area contributed by atoms with Gasteiger partial charge in [-0.2, -0.15) is 17.4 Å². The van der Waals surface area contributed by atoms with Crippen molar-refractivity contribution in [1.82, 2.24) is 9.03 Å². The highest BCUT2D eigenvalue weighted by molar-refractivity contribution is 7.87. The Morgan fingerprint density at radius 1 is 1.17 bits per heavy atom. The van der Waals surface area contributed by atoms with Crippen LogP contribution in [0.1, 0.15) is 36.4 Å². The number of rotatable bonds is 3. The molecule has 1 aromatic carbocycles. The minimum atomic E-state index is -3.30. The Bertz CT molecular complexity index is 536. The molecule has 1 aromatic rings. The molecule has 18 heavy (non-hydrogen) atoms. The largest absolute Gasteiger partial charge is 0.280 e. The molecular weight excluding hydrogens is 248 g/mol. The van der Waals surface area contributed by atoms with Gasteiger partial charge in [0.05, 0.1) is 0 Å². The molecular formula is C13H18N2O2S. The zero-order valence-corrected chi connectivity index (χ0v) is 11.1. The van der Waals surface area contributed by atoms with Crippen molar-refractivity contribution in [2.75, 3.05) is 13.1 Å². The molecule has 0 bridgehead atoms.